The smallest absolute Gasteiger partial charge is 0.278 e. The number of rotatable bonds is 4. The Hall–Kier alpha value is -2.86. The number of piperazine rings is 1. The van der Waals surface area contributed by atoms with Crippen molar-refractivity contribution in [2.75, 3.05) is 31.1 Å². The standard InChI is InChI=1S/C20H19N3O2S/c24-19(16-6-8-18(9-7-16)25-20-21-10-15-26-20)23-13-11-22(12-14-23)17-4-2-1-3-5-17/h1-10,15H,11-14H2. The van der Waals surface area contributed by atoms with Gasteiger partial charge < -0.3 is 14.5 Å². The molecule has 0 radical (unpaired) electrons. The fourth-order valence-electron chi connectivity index (χ4n) is 3.02. The van der Waals surface area contributed by atoms with Crippen LogP contribution < -0.4 is 9.64 Å². The van der Waals surface area contributed by atoms with Crippen LogP contribution in [0.5, 0.6) is 10.9 Å². The molecule has 5 nitrogen and oxygen atoms in total. The van der Waals surface area contributed by atoms with Gasteiger partial charge in [0.1, 0.15) is 5.75 Å². The first kappa shape index (κ1) is 16.6. The van der Waals surface area contributed by atoms with Crippen molar-refractivity contribution in [2.45, 2.75) is 0 Å². The number of carbonyl (C=O) groups excluding carboxylic acids is 1. The quantitative estimate of drug-likeness (QED) is 0.703. The lowest BCUT2D eigenvalue weighted by Crippen LogP contribution is -2.48. The predicted molar refractivity (Wildman–Crippen MR) is 103 cm³/mol. The Bertz CT molecular complexity index is 843. The van der Waals surface area contributed by atoms with Gasteiger partial charge in [-0.25, -0.2) is 4.98 Å². The average Bonchev–Trinajstić information content (AvgIpc) is 3.22. The number of carbonyl (C=O) groups is 1. The molecule has 1 amide bonds. The number of hydrogen-bond acceptors (Lipinski definition) is 5. The first-order valence-corrected chi connectivity index (χ1v) is 9.44. The van der Waals surface area contributed by atoms with Crippen LogP contribution in [0, 0.1) is 0 Å². The Labute approximate surface area is 156 Å². The van der Waals surface area contributed by atoms with Gasteiger partial charge in [-0.05, 0) is 36.4 Å². The largest absolute Gasteiger partial charge is 0.431 e. The number of para-hydroxylation sites is 1. The molecule has 1 saturated heterocycles. The van der Waals surface area contributed by atoms with Gasteiger partial charge in [0.15, 0.2) is 0 Å². The van der Waals surface area contributed by atoms with Crippen LogP contribution in [0.15, 0.2) is 66.2 Å². The van der Waals surface area contributed by atoms with Crippen LogP contribution in [0.4, 0.5) is 5.69 Å². The van der Waals surface area contributed by atoms with E-state index in [-0.39, 0.29) is 5.91 Å². The summed E-state index contributed by atoms with van der Waals surface area (Å²) in [4.78, 5) is 21.0. The van der Waals surface area contributed by atoms with Gasteiger partial charge in [-0.1, -0.05) is 29.5 Å². The summed E-state index contributed by atoms with van der Waals surface area (Å²) in [5, 5.41) is 2.46. The Morgan fingerprint density at radius 2 is 1.69 bits per heavy atom. The summed E-state index contributed by atoms with van der Waals surface area (Å²) in [5.41, 5.74) is 1.90. The Morgan fingerprint density at radius 3 is 2.35 bits per heavy atom. The molecular formula is C20H19N3O2S. The highest BCUT2D eigenvalue weighted by molar-refractivity contribution is 7.11. The van der Waals surface area contributed by atoms with E-state index in [4.69, 9.17) is 4.74 Å². The molecule has 6 heteroatoms. The van der Waals surface area contributed by atoms with Crippen molar-refractivity contribution >= 4 is 22.9 Å². The van der Waals surface area contributed by atoms with Crippen molar-refractivity contribution in [3.63, 3.8) is 0 Å². The molecule has 0 N–H and O–H groups in total. The molecule has 26 heavy (non-hydrogen) atoms. The van der Waals surface area contributed by atoms with E-state index in [1.807, 2.05) is 52.7 Å². The lowest BCUT2D eigenvalue weighted by Gasteiger charge is -2.36. The van der Waals surface area contributed by atoms with Crippen LogP contribution >= 0.6 is 11.3 Å². The van der Waals surface area contributed by atoms with E-state index in [1.165, 1.54) is 17.0 Å². The lowest BCUT2D eigenvalue weighted by atomic mass is 10.1. The van der Waals surface area contributed by atoms with Gasteiger partial charge in [0, 0.05) is 49.0 Å². The Morgan fingerprint density at radius 1 is 0.962 bits per heavy atom. The third-order valence-corrected chi connectivity index (χ3v) is 5.05. The minimum Gasteiger partial charge on any atom is -0.431 e. The number of thiazole rings is 1. The van der Waals surface area contributed by atoms with Crippen molar-refractivity contribution in [2.24, 2.45) is 0 Å². The van der Waals surface area contributed by atoms with Crippen LogP contribution in [-0.2, 0) is 0 Å². The molecule has 1 fully saturated rings. The van der Waals surface area contributed by atoms with Gasteiger partial charge in [-0.15, -0.1) is 0 Å². The van der Waals surface area contributed by atoms with E-state index in [1.54, 1.807) is 6.20 Å². The average molecular weight is 365 g/mol. The van der Waals surface area contributed by atoms with Crippen molar-refractivity contribution in [3.8, 4) is 10.9 Å². The zero-order chi connectivity index (χ0) is 17.8. The molecule has 1 aliphatic rings. The highest BCUT2D eigenvalue weighted by Gasteiger charge is 2.22. The first-order chi connectivity index (χ1) is 12.8. The van der Waals surface area contributed by atoms with Gasteiger partial charge in [0.2, 0.25) is 0 Å². The van der Waals surface area contributed by atoms with E-state index < -0.39 is 0 Å². The summed E-state index contributed by atoms with van der Waals surface area (Å²) in [7, 11) is 0. The zero-order valence-electron chi connectivity index (χ0n) is 14.2. The van der Waals surface area contributed by atoms with E-state index in [9.17, 15) is 4.79 Å². The molecule has 1 aromatic heterocycles. The number of ether oxygens (including phenoxy) is 1. The van der Waals surface area contributed by atoms with Crippen molar-refractivity contribution in [1.82, 2.24) is 9.88 Å². The summed E-state index contributed by atoms with van der Waals surface area (Å²) >= 11 is 1.44. The Kier molecular flexibility index (Phi) is 4.84. The molecule has 0 bridgehead atoms. The van der Waals surface area contributed by atoms with E-state index >= 15 is 0 Å². The molecule has 4 rings (SSSR count). The third kappa shape index (κ3) is 3.70. The predicted octanol–water partition coefficient (Wildman–Crippen LogP) is 3.90. The second kappa shape index (κ2) is 7.58. The van der Waals surface area contributed by atoms with Crippen LogP contribution in [0.1, 0.15) is 10.4 Å². The van der Waals surface area contributed by atoms with Gasteiger partial charge >= 0.3 is 0 Å². The maximum absolute atomic E-state index is 12.7. The van der Waals surface area contributed by atoms with E-state index in [0.29, 0.717) is 16.5 Å². The van der Waals surface area contributed by atoms with Crippen molar-refractivity contribution in [1.29, 1.82) is 0 Å². The molecule has 2 aromatic carbocycles. The normalized spacial score (nSPS) is 14.3. The van der Waals surface area contributed by atoms with Gasteiger partial charge in [0.25, 0.3) is 11.1 Å². The maximum Gasteiger partial charge on any atom is 0.278 e. The van der Waals surface area contributed by atoms with Crippen LogP contribution in [0.3, 0.4) is 0 Å². The number of hydrogen-bond donors (Lipinski definition) is 0. The molecule has 3 aromatic rings. The van der Waals surface area contributed by atoms with Gasteiger partial charge in [-0.2, -0.15) is 0 Å². The SMILES string of the molecule is O=C(c1ccc(Oc2nccs2)cc1)N1CCN(c2ccccc2)CC1. The monoisotopic (exact) mass is 365 g/mol. The van der Waals surface area contributed by atoms with Crippen LogP contribution in [-0.4, -0.2) is 42.0 Å². The van der Waals surface area contributed by atoms with Crippen LogP contribution in [0.2, 0.25) is 0 Å². The topological polar surface area (TPSA) is 45.7 Å². The molecule has 0 spiro atoms. The number of aromatic nitrogens is 1. The fraction of sp³-hybridized carbons (Fsp3) is 0.200. The molecule has 0 aliphatic carbocycles. The zero-order valence-corrected chi connectivity index (χ0v) is 15.1. The van der Waals surface area contributed by atoms with Crippen LogP contribution in [0.25, 0.3) is 0 Å². The molecular weight excluding hydrogens is 346 g/mol. The summed E-state index contributed by atoms with van der Waals surface area (Å²) in [5.74, 6) is 0.754. The molecule has 2 heterocycles. The highest BCUT2D eigenvalue weighted by Crippen LogP contribution is 2.24. The molecule has 0 unspecified atom stereocenters. The number of amides is 1. The summed E-state index contributed by atoms with van der Waals surface area (Å²) in [6.07, 6.45) is 1.70. The summed E-state index contributed by atoms with van der Waals surface area (Å²) in [6, 6.07) is 17.6. The molecule has 0 atom stereocenters. The van der Waals surface area contributed by atoms with Crippen molar-refractivity contribution in [3.05, 3.63) is 71.7 Å². The second-order valence-electron chi connectivity index (χ2n) is 6.04. The van der Waals surface area contributed by atoms with Gasteiger partial charge in [0.05, 0.1) is 0 Å². The second-order valence-corrected chi connectivity index (χ2v) is 6.90. The molecule has 1 aliphatic heterocycles. The third-order valence-electron chi connectivity index (χ3n) is 4.40. The maximum atomic E-state index is 12.7. The number of benzene rings is 2. The van der Waals surface area contributed by atoms with E-state index in [2.05, 4.69) is 22.0 Å². The van der Waals surface area contributed by atoms with Crippen molar-refractivity contribution < 1.29 is 9.53 Å². The highest BCUT2D eigenvalue weighted by atomic mass is 32.1. The molecule has 0 saturated carbocycles. The first-order valence-electron chi connectivity index (χ1n) is 8.56. The van der Waals surface area contributed by atoms with E-state index in [0.717, 1.165) is 26.2 Å². The number of nitrogens with zero attached hydrogens (tertiary/aromatic N) is 3. The lowest BCUT2D eigenvalue weighted by molar-refractivity contribution is 0.0747. The van der Waals surface area contributed by atoms with Gasteiger partial charge in [-0.3, -0.25) is 4.79 Å². The minimum atomic E-state index is 0.0681. The number of anilines is 1. The summed E-state index contributed by atoms with van der Waals surface area (Å²) in [6.45, 7) is 3.15. The fourth-order valence-corrected chi connectivity index (χ4v) is 3.52. The Balaban J connectivity index is 1.36. The minimum absolute atomic E-state index is 0.0681. The summed E-state index contributed by atoms with van der Waals surface area (Å²) < 4.78 is 5.64. The molecule has 132 valence electrons.